The van der Waals surface area contributed by atoms with E-state index in [0.29, 0.717) is 6.04 Å². The second-order valence-corrected chi connectivity index (χ2v) is 6.37. The van der Waals surface area contributed by atoms with Gasteiger partial charge in [0.25, 0.3) is 0 Å². The molecule has 1 aliphatic rings. The van der Waals surface area contributed by atoms with E-state index in [4.69, 9.17) is 5.73 Å². The summed E-state index contributed by atoms with van der Waals surface area (Å²) in [6.07, 6.45) is 6.84. The fourth-order valence-corrected chi connectivity index (χ4v) is 4.00. The SMILES string of the molecule is CCCC1CCCN(C(CN)c2cccs2)CC1. The Bertz CT molecular complexity index is 323. The number of thiophene rings is 1. The van der Waals surface area contributed by atoms with E-state index < -0.39 is 0 Å². The molecular formula is C15H26N2S. The highest BCUT2D eigenvalue weighted by atomic mass is 32.1. The second kappa shape index (κ2) is 7.27. The smallest absolute Gasteiger partial charge is 0.0564 e. The molecule has 0 radical (unpaired) electrons. The molecule has 0 aromatic carbocycles. The predicted octanol–water partition coefficient (Wildman–Crippen LogP) is 3.65. The van der Waals surface area contributed by atoms with Crippen LogP contribution in [0.2, 0.25) is 0 Å². The van der Waals surface area contributed by atoms with E-state index in [1.165, 1.54) is 50.1 Å². The van der Waals surface area contributed by atoms with Crippen LogP contribution in [0.1, 0.15) is 49.9 Å². The molecule has 0 saturated carbocycles. The topological polar surface area (TPSA) is 29.3 Å². The number of hydrogen-bond donors (Lipinski definition) is 1. The van der Waals surface area contributed by atoms with Gasteiger partial charge in [-0.1, -0.05) is 25.8 Å². The van der Waals surface area contributed by atoms with Crippen LogP contribution in [0.3, 0.4) is 0 Å². The minimum Gasteiger partial charge on any atom is -0.329 e. The molecule has 2 nitrogen and oxygen atoms in total. The molecule has 1 aliphatic heterocycles. The third-order valence-electron chi connectivity index (χ3n) is 4.11. The molecule has 2 atom stereocenters. The predicted molar refractivity (Wildman–Crippen MR) is 79.9 cm³/mol. The molecule has 0 amide bonds. The Hall–Kier alpha value is -0.380. The Morgan fingerprint density at radius 1 is 1.44 bits per heavy atom. The van der Waals surface area contributed by atoms with Gasteiger partial charge in [0, 0.05) is 11.4 Å². The van der Waals surface area contributed by atoms with Gasteiger partial charge in [-0.15, -0.1) is 11.3 Å². The van der Waals surface area contributed by atoms with Crippen molar-refractivity contribution in [3.05, 3.63) is 22.4 Å². The summed E-state index contributed by atoms with van der Waals surface area (Å²) in [6, 6.07) is 4.82. The van der Waals surface area contributed by atoms with Crippen LogP contribution >= 0.6 is 11.3 Å². The van der Waals surface area contributed by atoms with Crippen LogP contribution in [0.15, 0.2) is 17.5 Å². The normalized spacial score (nSPS) is 23.8. The fourth-order valence-electron chi connectivity index (χ4n) is 3.12. The van der Waals surface area contributed by atoms with Gasteiger partial charge in [0.05, 0.1) is 6.04 Å². The van der Waals surface area contributed by atoms with E-state index in [9.17, 15) is 0 Å². The summed E-state index contributed by atoms with van der Waals surface area (Å²) in [4.78, 5) is 4.05. The van der Waals surface area contributed by atoms with Gasteiger partial charge in [-0.05, 0) is 49.7 Å². The maximum Gasteiger partial charge on any atom is 0.0564 e. The van der Waals surface area contributed by atoms with E-state index >= 15 is 0 Å². The first-order valence-corrected chi connectivity index (χ1v) is 8.20. The minimum absolute atomic E-state index is 0.449. The highest BCUT2D eigenvalue weighted by Crippen LogP contribution is 2.29. The second-order valence-electron chi connectivity index (χ2n) is 5.39. The Labute approximate surface area is 115 Å². The molecule has 1 aromatic heterocycles. The molecule has 18 heavy (non-hydrogen) atoms. The van der Waals surface area contributed by atoms with Crippen molar-refractivity contribution in [1.82, 2.24) is 4.90 Å². The Kier molecular flexibility index (Phi) is 5.67. The van der Waals surface area contributed by atoms with Crippen LogP contribution in [0.4, 0.5) is 0 Å². The largest absolute Gasteiger partial charge is 0.329 e. The highest BCUT2D eigenvalue weighted by molar-refractivity contribution is 7.10. The van der Waals surface area contributed by atoms with Crippen LogP contribution in [-0.4, -0.2) is 24.5 Å². The van der Waals surface area contributed by atoms with E-state index in [2.05, 4.69) is 29.3 Å². The molecule has 2 unspecified atom stereocenters. The number of nitrogens with zero attached hydrogens (tertiary/aromatic N) is 1. The van der Waals surface area contributed by atoms with Gasteiger partial charge in [-0.2, -0.15) is 0 Å². The standard InChI is InChI=1S/C15H26N2S/c1-2-5-13-6-3-9-17(10-8-13)14(12-16)15-7-4-11-18-15/h4,7,11,13-14H,2-3,5-6,8-10,12,16H2,1H3. The zero-order valence-corrected chi connectivity index (χ0v) is 12.3. The zero-order valence-electron chi connectivity index (χ0n) is 11.5. The van der Waals surface area contributed by atoms with Crippen molar-refractivity contribution in [3.8, 4) is 0 Å². The van der Waals surface area contributed by atoms with Gasteiger partial charge >= 0.3 is 0 Å². The summed E-state index contributed by atoms with van der Waals surface area (Å²) in [7, 11) is 0. The highest BCUT2D eigenvalue weighted by Gasteiger charge is 2.23. The van der Waals surface area contributed by atoms with Gasteiger partial charge in [0.1, 0.15) is 0 Å². The third-order valence-corrected chi connectivity index (χ3v) is 5.09. The summed E-state index contributed by atoms with van der Waals surface area (Å²) < 4.78 is 0. The van der Waals surface area contributed by atoms with Crippen molar-refractivity contribution in [2.24, 2.45) is 11.7 Å². The summed E-state index contributed by atoms with van der Waals surface area (Å²) in [5, 5.41) is 2.16. The van der Waals surface area contributed by atoms with E-state index in [1.54, 1.807) is 0 Å². The molecule has 102 valence electrons. The lowest BCUT2D eigenvalue weighted by atomic mass is 9.96. The molecule has 1 aromatic rings. The van der Waals surface area contributed by atoms with Crippen molar-refractivity contribution in [1.29, 1.82) is 0 Å². The molecule has 2 heterocycles. The molecule has 3 heteroatoms. The third kappa shape index (κ3) is 3.56. The van der Waals surface area contributed by atoms with Gasteiger partial charge in [-0.3, -0.25) is 4.90 Å². The summed E-state index contributed by atoms with van der Waals surface area (Å²) in [6.45, 7) is 5.50. The number of hydrogen-bond acceptors (Lipinski definition) is 3. The van der Waals surface area contributed by atoms with Crippen molar-refractivity contribution in [3.63, 3.8) is 0 Å². The summed E-state index contributed by atoms with van der Waals surface area (Å²) in [5.41, 5.74) is 6.00. The monoisotopic (exact) mass is 266 g/mol. The quantitative estimate of drug-likeness (QED) is 0.881. The van der Waals surface area contributed by atoms with Crippen LogP contribution in [0.25, 0.3) is 0 Å². The Morgan fingerprint density at radius 2 is 2.33 bits per heavy atom. The first kappa shape index (κ1) is 14.0. The van der Waals surface area contributed by atoms with Crippen LogP contribution in [-0.2, 0) is 0 Å². The molecular weight excluding hydrogens is 240 g/mol. The first-order chi connectivity index (χ1) is 8.85. The Morgan fingerprint density at radius 3 is 3.00 bits per heavy atom. The molecule has 2 rings (SSSR count). The molecule has 0 bridgehead atoms. The fraction of sp³-hybridized carbons (Fsp3) is 0.733. The van der Waals surface area contributed by atoms with Crippen LogP contribution in [0, 0.1) is 5.92 Å². The lowest BCUT2D eigenvalue weighted by Gasteiger charge is -2.29. The molecule has 0 spiro atoms. The number of nitrogens with two attached hydrogens (primary N) is 1. The molecule has 0 aliphatic carbocycles. The zero-order chi connectivity index (χ0) is 12.8. The van der Waals surface area contributed by atoms with Gasteiger partial charge in [0.2, 0.25) is 0 Å². The lowest BCUT2D eigenvalue weighted by Crippen LogP contribution is -2.34. The van der Waals surface area contributed by atoms with Crippen LogP contribution < -0.4 is 5.73 Å². The Balaban J connectivity index is 1.95. The first-order valence-electron chi connectivity index (χ1n) is 7.32. The average Bonchev–Trinajstić information content (AvgIpc) is 2.80. The van der Waals surface area contributed by atoms with Crippen molar-refractivity contribution >= 4 is 11.3 Å². The van der Waals surface area contributed by atoms with Gasteiger partial charge < -0.3 is 5.73 Å². The van der Waals surface area contributed by atoms with Crippen molar-refractivity contribution in [2.45, 2.75) is 45.1 Å². The van der Waals surface area contributed by atoms with Crippen LogP contribution in [0.5, 0.6) is 0 Å². The molecule has 1 fully saturated rings. The van der Waals surface area contributed by atoms with E-state index in [0.717, 1.165) is 12.5 Å². The molecule has 1 saturated heterocycles. The molecule has 2 N–H and O–H groups in total. The minimum atomic E-state index is 0.449. The van der Waals surface area contributed by atoms with Gasteiger partial charge in [0.15, 0.2) is 0 Å². The summed E-state index contributed by atoms with van der Waals surface area (Å²) in [5.74, 6) is 0.946. The maximum atomic E-state index is 6.00. The van der Waals surface area contributed by atoms with Gasteiger partial charge in [-0.25, -0.2) is 0 Å². The van der Waals surface area contributed by atoms with Crippen molar-refractivity contribution in [2.75, 3.05) is 19.6 Å². The average molecular weight is 266 g/mol. The lowest BCUT2D eigenvalue weighted by molar-refractivity contribution is 0.209. The maximum absolute atomic E-state index is 6.00. The van der Waals surface area contributed by atoms with E-state index in [1.807, 2.05) is 11.3 Å². The summed E-state index contributed by atoms with van der Waals surface area (Å²) >= 11 is 1.85. The van der Waals surface area contributed by atoms with E-state index in [-0.39, 0.29) is 0 Å². The van der Waals surface area contributed by atoms with Crippen molar-refractivity contribution < 1.29 is 0 Å². The number of rotatable bonds is 5. The number of likely N-dealkylation sites (tertiary alicyclic amines) is 1.